The van der Waals surface area contributed by atoms with Crippen molar-refractivity contribution in [1.82, 2.24) is 29.5 Å². The van der Waals surface area contributed by atoms with Crippen molar-refractivity contribution in [2.45, 2.75) is 57.9 Å². The normalized spacial score (nSPS) is 15.3. The number of piperazine rings is 1. The largest absolute Gasteiger partial charge is 0.460 e. The van der Waals surface area contributed by atoms with Crippen molar-refractivity contribution in [3.8, 4) is 11.4 Å². The summed E-state index contributed by atoms with van der Waals surface area (Å²) < 4.78 is 54.3. The first-order valence-corrected chi connectivity index (χ1v) is 20.4. The van der Waals surface area contributed by atoms with Gasteiger partial charge in [0.1, 0.15) is 6.61 Å². The molecule has 0 unspecified atom stereocenters. The zero-order chi connectivity index (χ0) is 43.8. The third kappa shape index (κ3) is 11.0. The Bertz CT molecular complexity index is 2240. The number of likely N-dealkylation sites (tertiary alicyclic amines) is 1. The molecule has 2 aliphatic heterocycles. The summed E-state index contributed by atoms with van der Waals surface area (Å²) in [4.78, 5) is 74.3. The van der Waals surface area contributed by atoms with E-state index in [2.05, 4.69) is 10.1 Å². The van der Waals surface area contributed by atoms with Crippen LogP contribution < -0.4 is 16.3 Å². The fourth-order valence-electron chi connectivity index (χ4n) is 7.44. The molecule has 0 spiro atoms. The van der Waals surface area contributed by atoms with Crippen LogP contribution >= 0.6 is 11.6 Å². The number of nitrogens with two attached hydrogens (primary N) is 1. The maximum atomic E-state index is 14.1. The van der Waals surface area contributed by atoms with Crippen LogP contribution in [0.5, 0.6) is 0 Å². The number of carbonyl (C=O) groups excluding carboxylic acids is 4. The van der Waals surface area contributed by atoms with E-state index in [1.807, 2.05) is 42.2 Å². The van der Waals surface area contributed by atoms with Gasteiger partial charge in [0.2, 0.25) is 5.91 Å². The average molecular weight is 869 g/mol. The number of ether oxygens (including phenoxy) is 2. The fraction of sp³-hybridized carbons (Fsp3) is 0.429. The molecule has 3 N–H and O–H groups in total. The van der Waals surface area contributed by atoms with E-state index in [-0.39, 0.29) is 61.0 Å². The van der Waals surface area contributed by atoms with Gasteiger partial charge >= 0.3 is 23.9 Å². The SMILES string of the molecule is CCCN(CCOC(=O)c1ccc(N2CCN(C(=O)[C@@H](Cc3cc(Cl)c(N)c(C(F)(F)F)c3)OC(=O)N3CCC(n4nc(-c5ccccc5)[nH]c4=O)CC3)CC2)cc1)C(C)=O. The summed E-state index contributed by atoms with van der Waals surface area (Å²) in [7, 11) is 0. The Hall–Kier alpha value is -6.04. The second-order valence-corrected chi connectivity index (χ2v) is 15.3. The highest BCUT2D eigenvalue weighted by atomic mass is 35.5. The molecule has 2 fully saturated rings. The highest BCUT2D eigenvalue weighted by Crippen LogP contribution is 2.38. The van der Waals surface area contributed by atoms with Gasteiger partial charge in [-0.2, -0.15) is 13.2 Å². The number of esters is 1. The van der Waals surface area contributed by atoms with Gasteiger partial charge in [0, 0.05) is 70.4 Å². The molecule has 3 heterocycles. The van der Waals surface area contributed by atoms with Gasteiger partial charge in [-0.25, -0.2) is 19.1 Å². The smallest absolute Gasteiger partial charge is 0.418 e. The number of nitrogens with one attached hydrogen (secondary N) is 1. The van der Waals surface area contributed by atoms with Gasteiger partial charge in [0.15, 0.2) is 11.9 Å². The van der Waals surface area contributed by atoms with Crippen molar-refractivity contribution in [3.63, 3.8) is 0 Å². The van der Waals surface area contributed by atoms with Crippen LogP contribution in [0.3, 0.4) is 0 Å². The lowest BCUT2D eigenvalue weighted by atomic mass is 10.0. The van der Waals surface area contributed by atoms with Crippen LogP contribution in [0.25, 0.3) is 11.4 Å². The number of rotatable bonds is 13. The standard InChI is InChI=1S/C42H48ClF3N8O7/c1-3-15-50(27(2)55)22-23-60-39(57)30-9-11-31(12-10-30)51-18-20-52(21-19-51)38(56)35(26-28-24-33(42(44,45)46)36(47)34(43)25-28)61-41(59)53-16-13-32(14-17-53)54-40(58)48-37(49-54)29-7-5-4-6-8-29/h4-12,24-25,32,35H,3,13-23,26,47H2,1-2H3,(H,48,49,58)/t35-/m1/s1. The molecule has 15 nitrogen and oxygen atoms in total. The summed E-state index contributed by atoms with van der Waals surface area (Å²) in [6.07, 6.45) is -6.07. The quantitative estimate of drug-likeness (QED) is 0.126. The van der Waals surface area contributed by atoms with Crippen molar-refractivity contribution in [3.05, 3.63) is 98.9 Å². The number of hydrogen-bond donors (Lipinski definition) is 2. The number of aromatic amines is 1. The number of alkyl halides is 3. The number of piperidine rings is 1. The van der Waals surface area contributed by atoms with E-state index in [1.54, 1.807) is 29.2 Å². The summed E-state index contributed by atoms with van der Waals surface area (Å²) in [6, 6.07) is 17.6. The lowest BCUT2D eigenvalue weighted by Gasteiger charge is -2.38. The van der Waals surface area contributed by atoms with Crippen LogP contribution in [0.15, 0.2) is 71.5 Å². The molecule has 6 rings (SSSR count). The first kappa shape index (κ1) is 44.5. The van der Waals surface area contributed by atoms with E-state index < -0.39 is 47.9 Å². The molecule has 2 aliphatic rings. The van der Waals surface area contributed by atoms with Crippen LogP contribution in [0.1, 0.15) is 60.6 Å². The van der Waals surface area contributed by atoms with E-state index >= 15 is 0 Å². The molecule has 3 amide bonds. The lowest BCUT2D eigenvalue weighted by Crippen LogP contribution is -2.53. The molecule has 0 saturated carbocycles. The molecule has 0 bridgehead atoms. The molecular weight excluding hydrogens is 821 g/mol. The van der Waals surface area contributed by atoms with Gasteiger partial charge in [-0.3, -0.25) is 14.6 Å². The Balaban J connectivity index is 1.09. The number of halogens is 4. The van der Waals surface area contributed by atoms with Crippen molar-refractivity contribution in [2.75, 3.05) is 69.6 Å². The van der Waals surface area contributed by atoms with Gasteiger partial charge in [-0.05, 0) is 61.2 Å². The van der Waals surface area contributed by atoms with Crippen molar-refractivity contribution >= 4 is 46.9 Å². The number of H-pyrrole nitrogens is 1. The number of amides is 3. The number of benzene rings is 3. The number of hydrogen-bond acceptors (Lipinski definition) is 10. The minimum absolute atomic E-state index is 0.00194. The van der Waals surface area contributed by atoms with Gasteiger partial charge < -0.3 is 34.8 Å². The third-order valence-electron chi connectivity index (χ3n) is 10.8. The van der Waals surface area contributed by atoms with Crippen LogP contribution in [0.4, 0.5) is 29.3 Å². The Morgan fingerprint density at radius 3 is 2.25 bits per heavy atom. The van der Waals surface area contributed by atoms with E-state index in [9.17, 15) is 37.1 Å². The maximum absolute atomic E-state index is 14.1. The highest BCUT2D eigenvalue weighted by Gasteiger charge is 2.37. The van der Waals surface area contributed by atoms with Crippen LogP contribution in [-0.2, 0) is 31.7 Å². The second kappa shape index (κ2) is 19.6. The fourth-order valence-corrected chi connectivity index (χ4v) is 7.69. The van der Waals surface area contributed by atoms with E-state index in [0.29, 0.717) is 50.4 Å². The van der Waals surface area contributed by atoms with Crippen molar-refractivity contribution in [1.29, 1.82) is 0 Å². The zero-order valence-electron chi connectivity index (χ0n) is 33.8. The van der Waals surface area contributed by atoms with Gasteiger partial charge in [-0.15, -0.1) is 5.10 Å². The molecule has 0 aliphatic carbocycles. The van der Waals surface area contributed by atoms with Gasteiger partial charge in [-0.1, -0.05) is 48.9 Å². The molecule has 1 atom stereocenters. The average Bonchev–Trinajstić information content (AvgIpc) is 3.65. The van der Waals surface area contributed by atoms with E-state index in [4.69, 9.17) is 26.8 Å². The third-order valence-corrected chi connectivity index (χ3v) is 11.1. The first-order valence-electron chi connectivity index (χ1n) is 20.0. The maximum Gasteiger partial charge on any atom is 0.418 e. The Kier molecular flexibility index (Phi) is 14.3. The Morgan fingerprint density at radius 1 is 0.951 bits per heavy atom. The molecule has 4 aromatic rings. The number of aromatic nitrogens is 3. The number of nitrogen functional groups attached to an aromatic ring is 1. The van der Waals surface area contributed by atoms with Gasteiger partial charge in [0.25, 0.3) is 5.91 Å². The minimum Gasteiger partial charge on any atom is -0.460 e. The monoisotopic (exact) mass is 868 g/mol. The lowest BCUT2D eigenvalue weighted by molar-refractivity contribution is -0.141. The number of nitrogens with zero attached hydrogens (tertiary/aromatic N) is 6. The first-order chi connectivity index (χ1) is 29.1. The molecule has 1 aromatic heterocycles. The predicted molar refractivity (Wildman–Crippen MR) is 221 cm³/mol. The van der Waals surface area contributed by atoms with Gasteiger partial charge in [0.05, 0.1) is 34.4 Å². The molecule has 61 heavy (non-hydrogen) atoms. The van der Waals surface area contributed by atoms with Crippen molar-refractivity contribution < 1.29 is 41.8 Å². The molecule has 3 aromatic carbocycles. The van der Waals surface area contributed by atoms with Crippen LogP contribution in [-0.4, -0.2) is 118 Å². The molecule has 0 radical (unpaired) electrons. The topological polar surface area (TPSA) is 176 Å². The Labute approximate surface area is 355 Å². The highest BCUT2D eigenvalue weighted by molar-refractivity contribution is 6.33. The molecule has 19 heteroatoms. The predicted octanol–water partition coefficient (Wildman–Crippen LogP) is 5.64. The number of carbonyl (C=O) groups is 4. The van der Waals surface area contributed by atoms with Crippen LogP contribution in [0.2, 0.25) is 5.02 Å². The van der Waals surface area contributed by atoms with Crippen molar-refractivity contribution in [2.24, 2.45) is 0 Å². The van der Waals surface area contributed by atoms with E-state index in [1.165, 1.54) is 27.5 Å². The number of anilines is 2. The zero-order valence-corrected chi connectivity index (χ0v) is 34.6. The summed E-state index contributed by atoms with van der Waals surface area (Å²) >= 11 is 6.12. The van der Waals surface area contributed by atoms with E-state index in [0.717, 1.165) is 23.7 Å². The summed E-state index contributed by atoms with van der Waals surface area (Å²) in [5.41, 5.74) is 5.31. The molecular formula is C42H48ClF3N8O7. The molecule has 2 saturated heterocycles. The Morgan fingerprint density at radius 2 is 1.62 bits per heavy atom. The summed E-state index contributed by atoms with van der Waals surface area (Å²) in [5, 5.41) is 4.12. The summed E-state index contributed by atoms with van der Waals surface area (Å²) in [5.74, 6) is -0.800. The molecule has 326 valence electrons. The summed E-state index contributed by atoms with van der Waals surface area (Å²) in [6.45, 7) is 5.82. The van der Waals surface area contributed by atoms with Crippen LogP contribution in [0, 0.1) is 0 Å². The second-order valence-electron chi connectivity index (χ2n) is 14.9. The minimum atomic E-state index is -4.83.